The van der Waals surface area contributed by atoms with Crippen molar-refractivity contribution in [2.24, 2.45) is 0 Å². The van der Waals surface area contributed by atoms with Crippen LogP contribution in [0.4, 0.5) is 0 Å². The minimum Gasteiger partial charge on any atom is -0.383 e. The van der Waals surface area contributed by atoms with Crippen molar-refractivity contribution in [1.29, 1.82) is 0 Å². The zero-order chi connectivity index (χ0) is 17.1. The van der Waals surface area contributed by atoms with E-state index in [0.29, 0.717) is 15.7 Å². The molecule has 2 rings (SSSR count). The van der Waals surface area contributed by atoms with Crippen LogP contribution in [0.1, 0.15) is 30.2 Å². The summed E-state index contributed by atoms with van der Waals surface area (Å²) in [7, 11) is 5.37. The maximum atomic E-state index is 13.0. The van der Waals surface area contributed by atoms with Crippen molar-refractivity contribution in [2.75, 3.05) is 27.8 Å². The number of hydrogen-bond acceptors (Lipinski definition) is 4. The highest BCUT2D eigenvalue weighted by molar-refractivity contribution is 9.10. The van der Waals surface area contributed by atoms with Crippen LogP contribution in [0.2, 0.25) is 0 Å². The third-order valence-corrected chi connectivity index (χ3v) is 3.93. The summed E-state index contributed by atoms with van der Waals surface area (Å²) in [6.07, 6.45) is 5.51. The lowest BCUT2D eigenvalue weighted by Gasteiger charge is -2.10. The lowest BCUT2D eigenvalue weighted by Crippen LogP contribution is -2.13. The Bertz CT molecular complexity index is 748. The van der Waals surface area contributed by atoms with E-state index in [9.17, 15) is 4.79 Å². The molecule has 0 amide bonds. The Labute approximate surface area is 145 Å². The van der Waals surface area contributed by atoms with E-state index in [2.05, 4.69) is 39.3 Å². The van der Waals surface area contributed by atoms with Gasteiger partial charge in [-0.2, -0.15) is 0 Å². The van der Waals surface area contributed by atoms with Crippen LogP contribution in [0.3, 0.4) is 0 Å². The van der Waals surface area contributed by atoms with Gasteiger partial charge in [0.25, 0.3) is 0 Å². The number of halogens is 1. The van der Waals surface area contributed by atoms with E-state index in [1.54, 1.807) is 19.5 Å². The molecule has 0 N–H and O–H groups in total. The molecule has 2 aromatic rings. The van der Waals surface area contributed by atoms with Crippen LogP contribution in [0.25, 0.3) is 10.9 Å². The molecular weight excluding hydrogens is 358 g/mol. The highest BCUT2D eigenvalue weighted by Gasteiger charge is 2.20. The Hall–Kier alpha value is -1.66. The summed E-state index contributed by atoms with van der Waals surface area (Å²) in [5.41, 5.74) is 2.24. The molecule has 0 unspecified atom stereocenters. The molecule has 0 aliphatic rings. The molecule has 0 radical (unpaired) electrons. The lowest BCUT2D eigenvalue weighted by atomic mass is 10.0. The summed E-state index contributed by atoms with van der Waals surface area (Å²) >= 11 is 3.39. The largest absolute Gasteiger partial charge is 0.383 e. The molecule has 124 valence electrons. The highest BCUT2D eigenvalue weighted by atomic mass is 79.9. The van der Waals surface area contributed by atoms with E-state index < -0.39 is 0 Å². The molecule has 0 aliphatic heterocycles. The van der Waals surface area contributed by atoms with E-state index in [1.807, 2.05) is 31.3 Å². The van der Waals surface area contributed by atoms with Crippen molar-refractivity contribution in [2.45, 2.75) is 19.9 Å². The highest BCUT2D eigenvalue weighted by Crippen LogP contribution is 2.28. The zero-order valence-corrected chi connectivity index (χ0v) is 15.7. The fraction of sp³-hybridized carbons (Fsp3) is 0.412. The first-order chi connectivity index (χ1) is 10.8. The number of nitrogens with zero attached hydrogens (tertiary/aromatic N) is 3. The lowest BCUT2D eigenvalue weighted by molar-refractivity contribution is 0.100. The first kappa shape index (κ1) is 17.7. The Morgan fingerprint density at radius 2 is 2.17 bits per heavy atom. The second-order valence-corrected chi connectivity index (χ2v) is 6.76. The standard InChI is InChI=1S/C17H22BrN3O2/c1-11(2)21-9-14(13-6-16(18)19-7-15(13)21)17(22)12(10-23-5)8-20(3)4/h6-9,11H,10H2,1-5H3. The van der Waals surface area contributed by atoms with E-state index in [1.165, 1.54) is 0 Å². The van der Waals surface area contributed by atoms with Gasteiger partial charge in [-0.15, -0.1) is 0 Å². The molecule has 0 fully saturated rings. The first-order valence-electron chi connectivity index (χ1n) is 7.42. The van der Waals surface area contributed by atoms with Gasteiger partial charge < -0.3 is 14.2 Å². The monoisotopic (exact) mass is 379 g/mol. The number of carbonyl (C=O) groups excluding carboxylic acids is 1. The van der Waals surface area contributed by atoms with Gasteiger partial charge >= 0.3 is 0 Å². The minimum atomic E-state index is -0.0250. The molecule has 5 nitrogen and oxygen atoms in total. The van der Waals surface area contributed by atoms with Gasteiger partial charge in [0.2, 0.25) is 0 Å². The van der Waals surface area contributed by atoms with Gasteiger partial charge in [0.05, 0.1) is 18.3 Å². The second kappa shape index (κ2) is 7.27. The third kappa shape index (κ3) is 3.82. The third-order valence-electron chi connectivity index (χ3n) is 3.49. The predicted octanol–water partition coefficient (Wildman–Crippen LogP) is 3.65. The van der Waals surface area contributed by atoms with Crippen LogP contribution in [-0.4, -0.2) is 48.0 Å². The van der Waals surface area contributed by atoms with E-state index in [-0.39, 0.29) is 18.4 Å². The summed E-state index contributed by atoms with van der Waals surface area (Å²) in [5.74, 6) is -0.0250. The summed E-state index contributed by atoms with van der Waals surface area (Å²) < 4.78 is 7.98. The number of rotatable bonds is 6. The SMILES string of the molecule is COCC(=CN(C)C)C(=O)c1cn(C(C)C)c2cnc(Br)cc12. The van der Waals surface area contributed by atoms with Crippen molar-refractivity contribution in [3.63, 3.8) is 0 Å². The van der Waals surface area contributed by atoms with Crippen molar-refractivity contribution in [3.8, 4) is 0 Å². The Kier molecular flexibility index (Phi) is 5.59. The topological polar surface area (TPSA) is 47.4 Å². The number of fused-ring (bicyclic) bond motifs is 1. The molecule has 0 saturated carbocycles. The van der Waals surface area contributed by atoms with Gasteiger partial charge in [0.15, 0.2) is 5.78 Å². The number of aromatic nitrogens is 2. The van der Waals surface area contributed by atoms with Crippen molar-refractivity contribution < 1.29 is 9.53 Å². The fourth-order valence-corrected chi connectivity index (χ4v) is 2.86. The molecule has 2 aromatic heterocycles. The van der Waals surface area contributed by atoms with Gasteiger partial charge in [0.1, 0.15) is 4.60 Å². The maximum Gasteiger partial charge on any atom is 0.194 e. The molecule has 0 saturated heterocycles. The number of Topliss-reactive ketones (excluding diaryl/α,β-unsaturated/α-hetero) is 1. The van der Waals surface area contributed by atoms with Gasteiger partial charge in [-0.05, 0) is 35.8 Å². The smallest absolute Gasteiger partial charge is 0.194 e. The maximum absolute atomic E-state index is 13.0. The average Bonchev–Trinajstić information content (AvgIpc) is 2.84. The molecule has 6 heteroatoms. The number of ketones is 1. The Morgan fingerprint density at radius 1 is 1.48 bits per heavy atom. The molecular formula is C17H22BrN3O2. The number of pyridine rings is 1. The quantitative estimate of drug-likeness (QED) is 0.436. The minimum absolute atomic E-state index is 0.0250. The van der Waals surface area contributed by atoms with Crippen LogP contribution < -0.4 is 0 Å². The van der Waals surface area contributed by atoms with Crippen molar-refractivity contribution in [3.05, 3.63) is 40.4 Å². The van der Waals surface area contributed by atoms with Crippen LogP contribution >= 0.6 is 15.9 Å². The van der Waals surface area contributed by atoms with Gasteiger partial charge in [-0.3, -0.25) is 4.79 Å². The average molecular weight is 380 g/mol. The van der Waals surface area contributed by atoms with Crippen LogP contribution in [0, 0.1) is 0 Å². The number of ether oxygens (including phenoxy) is 1. The molecule has 0 aliphatic carbocycles. The molecule has 2 heterocycles. The molecule has 0 bridgehead atoms. The number of hydrogen-bond donors (Lipinski definition) is 0. The number of methoxy groups -OCH3 is 1. The van der Waals surface area contributed by atoms with Crippen LogP contribution in [-0.2, 0) is 4.74 Å². The predicted molar refractivity (Wildman–Crippen MR) is 95.8 cm³/mol. The van der Waals surface area contributed by atoms with Gasteiger partial charge in [-0.25, -0.2) is 4.98 Å². The number of carbonyl (C=O) groups is 1. The van der Waals surface area contributed by atoms with Gasteiger partial charge in [-0.1, -0.05) is 0 Å². The normalized spacial score (nSPS) is 12.2. The fourth-order valence-electron chi connectivity index (χ4n) is 2.53. The first-order valence-corrected chi connectivity index (χ1v) is 8.21. The van der Waals surface area contributed by atoms with E-state index >= 15 is 0 Å². The van der Waals surface area contributed by atoms with Crippen LogP contribution in [0.5, 0.6) is 0 Å². The summed E-state index contributed by atoms with van der Waals surface area (Å²) in [6.45, 7) is 4.44. The van der Waals surface area contributed by atoms with Crippen molar-refractivity contribution in [1.82, 2.24) is 14.5 Å². The second-order valence-electron chi connectivity index (χ2n) is 5.95. The summed E-state index contributed by atoms with van der Waals surface area (Å²) in [4.78, 5) is 19.1. The summed E-state index contributed by atoms with van der Waals surface area (Å²) in [5, 5.41) is 0.895. The van der Waals surface area contributed by atoms with Gasteiger partial charge in [0, 0.05) is 56.2 Å². The van der Waals surface area contributed by atoms with E-state index in [0.717, 1.165) is 10.9 Å². The van der Waals surface area contributed by atoms with Crippen LogP contribution in [0.15, 0.2) is 34.8 Å². The van der Waals surface area contributed by atoms with Crippen molar-refractivity contribution >= 4 is 32.6 Å². The summed E-state index contributed by atoms with van der Waals surface area (Å²) in [6, 6.07) is 2.13. The Balaban J connectivity index is 2.62. The molecule has 0 spiro atoms. The molecule has 23 heavy (non-hydrogen) atoms. The Morgan fingerprint density at radius 3 is 2.74 bits per heavy atom. The molecule has 0 atom stereocenters. The molecule has 0 aromatic carbocycles. The zero-order valence-electron chi connectivity index (χ0n) is 14.1. The van der Waals surface area contributed by atoms with E-state index in [4.69, 9.17) is 4.74 Å².